The summed E-state index contributed by atoms with van der Waals surface area (Å²) in [5.74, 6) is -2.60. The minimum atomic E-state index is -1.29. The Morgan fingerprint density at radius 3 is 2.59 bits per heavy atom. The highest BCUT2D eigenvalue weighted by Crippen LogP contribution is 2.16. The third kappa shape index (κ3) is 4.30. The second-order valence-electron chi connectivity index (χ2n) is 3.17. The molecule has 0 bridgehead atoms. The summed E-state index contributed by atoms with van der Waals surface area (Å²) in [7, 11) is 0. The molecule has 0 aliphatic rings. The predicted octanol–water partition coefficient (Wildman–Crippen LogP) is 0.411. The van der Waals surface area contributed by atoms with Crippen LogP contribution in [-0.2, 0) is 9.59 Å². The lowest BCUT2D eigenvalue weighted by Crippen LogP contribution is -2.43. The summed E-state index contributed by atoms with van der Waals surface area (Å²) in [6, 6.07) is 0.335. The van der Waals surface area contributed by atoms with Crippen LogP contribution in [0.3, 0.4) is 0 Å². The molecule has 8 heteroatoms. The van der Waals surface area contributed by atoms with Crippen molar-refractivity contribution >= 4 is 51.7 Å². The third-order valence-electron chi connectivity index (χ3n) is 1.84. The summed E-state index contributed by atoms with van der Waals surface area (Å²) in [6.07, 6.45) is -0.428. The number of nitrogens with two attached hydrogens (primary N) is 1. The van der Waals surface area contributed by atoms with Crippen molar-refractivity contribution in [2.24, 2.45) is 5.73 Å². The van der Waals surface area contributed by atoms with Crippen LogP contribution in [0.25, 0.3) is 0 Å². The highest BCUT2D eigenvalue weighted by Gasteiger charge is 2.22. The maximum Gasteiger partial charge on any atom is 0.326 e. The van der Waals surface area contributed by atoms with Gasteiger partial charge >= 0.3 is 5.97 Å². The Morgan fingerprint density at radius 1 is 1.53 bits per heavy atom. The van der Waals surface area contributed by atoms with Crippen LogP contribution in [-0.4, -0.2) is 28.9 Å². The van der Waals surface area contributed by atoms with E-state index in [4.69, 9.17) is 10.8 Å². The number of thiophene rings is 1. The molecular weight excluding hydrogens is 359 g/mol. The van der Waals surface area contributed by atoms with Gasteiger partial charge in [-0.2, -0.15) is 0 Å². The van der Waals surface area contributed by atoms with Crippen molar-refractivity contribution in [2.45, 2.75) is 12.5 Å². The zero-order valence-electron chi connectivity index (χ0n) is 8.47. The SMILES string of the molecule is NC(=O)C[C@H](NC(=O)c1csc(I)c1)C(=O)O. The van der Waals surface area contributed by atoms with Gasteiger partial charge < -0.3 is 16.2 Å². The molecule has 0 fully saturated rings. The van der Waals surface area contributed by atoms with E-state index >= 15 is 0 Å². The average molecular weight is 368 g/mol. The molecule has 0 saturated carbocycles. The number of primary amides is 1. The van der Waals surface area contributed by atoms with E-state index in [1.165, 1.54) is 11.3 Å². The maximum absolute atomic E-state index is 11.6. The molecular formula is C9H9IN2O4S. The fourth-order valence-electron chi connectivity index (χ4n) is 1.07. The lowest BCUT2D eigenvalue weighted by atomic mass is 10.2. The van der Waals surface area contributed by atoms with E-state index in [-0.39, 0.29) is 0 Å². The Morgan fingerprint density at radius 2 is 2.18 bits per heavy atom. The molecule has 0 aliphatic carbocycles. The van der Waals surface area contributed by atoms with Gasteiger partial charge in [0.15, 0.2) is 0 Å². The van der Waals surface area contributed by atoms with Gasteiger partial charge in [-0.3, -0.25) is 9.59 Å². The molecule has 0 spiro atoms. The Kier molecular flexibility index (Phi) is 4.87. The number of hydrogen-bond donors (Lipinski definition) is 3. The van der Waals surface area contributed by atoms with Crippen LogP contribution in [0.15, 0.2) is 11.4 Å². The van der Waals surface area contributed by atoms with Gasteiger partial charge in [0.1, 0.15) is 6.04 Å². The Hall–Kier alpha value is -1.16. The summed E-state index contributed by atoms with van der Waals surface area (Å²) >= 11 is 3.42. The molecule has 0 aromatic carbocycles. The number of hydrogen-bond acceptors (Lipinski definition) is 4. The van der Waals surface area contributed by atoms with Crippen LogP contribution in [0.1, 0.15) is 16.8 Å². The number of aliphatic carboxylic acids is 1. The Bertz CT molecular complexity index is 460. The lowest BCUT2D eigenvalue weighted by molar-refractivity contribution is -0.140. The first-order valence-corrected chi connectivity index (χ1v) is 6.42. The van der Waals surface area contributed by atoms with Gasteiger partial charge in [-0.25, -0.2) is 4.79 Å². The first-order chi connectivity index (χ1) is 7.90. The standard InChI is InChI=1S/C9H9IN2O4S/c10-6-1-4(3-17-6)8(14)12-5(9(15)16)2-7(11)13/h1,3,5H,2H2,(H2,11,13)(H,12,14)(H,15,16)/t5-/m0/s1. The number of halogens is 1. The topological polar surface area (TPSA) is 109 Å². The predicted molar refractivity (Wildman–Crippen MR) is 69.7 cm³/mol. The molecule has 1 atom stereocenters. The quantitative estimate of drug-likeness (QED) is 0.654. The van der Waals surface area contributed by atoms with Gasteiger partial charge in [-0.1, -0.05) is 0 Å². The minimum Gasteiger partial charge on any atom is -0.480 e. The van der Waals surface area contributed by atoms with Gasteiger partial charge in [-0.05, 0) is 28.7 Å². The number of amides is 2. The first kappa shape index (κ1) is 13.9. The van der Waals surface area contributed by atoms with E-state index in [9.17, 15) is 14.4 Å². The molecule has 17 heavy (non-hydrogen) atoms. The molecule has 1 heterocycles. The summed E-state index contributed by atoms with van der Waals surface area (Å²) < 4.78 is 0.912. The first-order valence-electron chi connectivity index (χ1n) is 4.46. The van der Waals surface area contributed by atoms with Crippen LogP contribution in [0.2, 0.25) is 0 Å². The Labute approximate surface area is 114 Å². The van der Waals surface area contributed by atoms with Crippen molar-refractivity contribution in [3.63, 3.8) is 0 Å². The van der Waals surface area contributed by atoms with Crippen LogP contribution in [0.4, 0.5) is 0 Å². The summed E-state index contributed by atoms with van der Waals surface area (Å²) in [5, 5.41) is 12.7. The monoisotopic (exact) mass is 368 g/mol. The number of nitrogens with one attached hydrogen (secondary N) is 1. The van der Waals surface area contributed by atoms with E-state index < -0.39 is 30.2 Å². The molecule has 0 unspecified atom stereocenters. The Balaban J connectivity index is 2.70. The fourth-order valence-corrected chi connectivity index (χ4v) is 2.40. The van der Waals surface area contributed by atoms with E-state index in [1.807, 2.05) is 22.6 Å². The van der Waals surface area contributed by atoms with Crippen molar-refractivity contribution in [1.29, 1.82) is 0 Å². The summed E-state index contributed by atoms with van der Waals surface area (Å²) in [5.41, 5.74) is 5.27. The van der Waals surface area contributed by atoms with Gasteiger partial charge in [0.2, 0.25) is 5.91 Å². The van der Waals surface area contributed by atoms with Crippen LogP contribution < -0.4 is 11.1 Å². The van der Waals surface area contributed by atoms with E-state index in [0.29, 0.717) is 5.56 Å². The van der Waals surface area contributed by atoms with Gasteiger partial charge in [0.05, 0.1) is 14.9 Å². The number of carboxylic acid groups (broad SMARTS) is 1. The molecule has 1 aromatic rings. The second kappa shape index (κ2) is 5.96. The number of carbonyl (C=O) groups is 3. The lowest BCUT2D eigenvalue weighted by Gasteiger charge is -2.11. The normalized spacial score (nSPS) is 11.8. The molecule has 92 valence electrons. The van der Waals surface area contributed by atoms with Crippen molar-refractivity contribution in [3.05, 3.63) is 19.9 Å². The van der Waals surface area contributed by atoms with Crippen LogP contribution in [0, 0.1) is 2.88 Å². The van der Waals surface area contributed by atoms with E-state index in [0.717, 1.165) is 2.88 Å². The fraction of sp³-hybridized carbons (Fsp3) is 0.222. The highest BCUT2D eigenvalue weighted by atomic mass is 127. The molecule has 4 N–H and O–H groups in total. The number of carboxylic acids is 1. The highest BCUT2D eigenvalue weighted by molar-refractivity contribution is 14.1. The zero-order valence-corrected chi connectivity index (χ0v) is 11.4. The second-order valence-corrected chi connectivity index (χ2v) is 5.98. The average Bonchev–Trinajstić information content (AvgIpc) is 2.63. The zero-order chi connectivity index (χ0) is 13.0. The molecule has 6 nitrogen and oxygen atoms in total. The molecule has 0 radical (unpaired) electrons. The van der Waals surface area contributed by atoms with Gasteiger partial charge in [0, 0.05) is 5.38 Å². The molecule has 2 amide bonds. The molecule has 1 rings (SSSR count). The number of rotatable bonds is 5. The van der Waals surface area contributed by atoms with Crippen LogP contribution in [0.5, 0.6) is 0 Å². The molecule has 0 saturated heterocycles. The summed E-state index contributed by atoms with van der Waals surface area (Å²) in [6.45, 7) is 0. The van der Waals surface area contributed by atoms with Crippen molar-refractivity contribution in [1.82, 2.24) is 5.32 Å². The third-order valence-corrected chi connectivity index (χ3v) is 3.63. The van der Waals surface area contributed by atoms with Crippen molar-refractivity contribution in [3.8, 4) is 0 Å². The van der Waals surface area contributed by atoms with Gasteiger partial charge in [-0.15, -0.1) is 11.3 Å². The molecule has 0 aliphatic heterocycles. The van der Waals surface area contributed by atoms with Crippen LogP contribution >= 0.6 is 33.9 Å². The maximum atomic E-state index is 11.6. The number of carbonyl (C=O) groups excluding carboxylic acids is 2. The molecule has 1 aromatic heterocycles. The van der Waals surface area contributed by atoms with Crippen molar-refractivity contribution in [2.75, 3.05) is 0 Å². The smallest absolute Gasteiger partial charge is 0.326 e. The van der Waals surface area contributed by atoms with Crippen molar-refractivity contribution < 1.29 is 19.5 Å². The summed E-state index contributed by atoms with van der Waals surface area (Å²) in [4.78, 5) is 33.1. The van der Waals surface area contributed by atoms with Gasteiger partial charge in [0.25, 0.3) is 5.91 Å². The van der Waals surface area contributed by atoms with E-state index in [2.05, 4.69) is 5.32 Å². The minimum absolute atomic E-state index is 0.370. The largest absolute Gasteiger partial charge is 0.480 e. The van der Waals surface area contributed by atoms with E-state index in [1.54, 1.807) is 11.4 Å².